The maximum Gasteiger partial charge on any atom is 0.198 e. The van der Waals surface area contributed by atoms with Gasteiger partial charge in [-0.15, -0.1) is 0 Å². The lowest BCUT2D eigenvalue weighted by molar-refractivity contribution is 0.104. The van der Waals surface area contributed by atoms with Gasteiger partial charge in [-0.3, -0.25) is 4.79 Å². The topological polar surface area (TPSA) is 81.0 Å². The Hall–Kier alpha value is -3.16. The van der Waals surface area contributed by atoms with Crippen LogP contribution in [-0.2, 0) is 0 Å². The minimum absolute atomic E-state index is 0.0344. The van der Waals surface area contributed by atoms with Gasteiger partial charge < -0.3 is 15.5 Å². The van der Waals surface area contributed by atoms with Crippen LogP contribution in [0.3, 0.4) is 0 Å². The van der Waals surface area contributed by atoms with Gasteiger partial charge in [-0.25, -0.2) is 13.8 Å². The van der Waals surface area contributed by atoms with Crippen LogP contribution in [0.15, 0.2) is 48.8 Å². The molecule has 2 aromatic carbocycles. The van der Waals surface area contributed by atoms with E-state index in [-0.39, 0.29) is 32.6 Å². The molecule has 5 nitrogen and oxygen atoms in total. The summed E-state index contributed by atoms with van der Waals surface area (Å²) >= 11 is 12.2. The first-order chi connectivity index (χ1) is 13.9. The molecule has 0 fully saturated rings. The summed E-state index contributed by atoms with van der Waals surface area (Å²) in [7, 11) is 0. The summed E-state index contributed by atoms with van der Waals surface area (Å²) in [4.78, 5) is 19.9. The van der Waals surface area contributed by atoms with Gasteiger partial charge in [-0.05, 0) is 24.3 Å². The molecule has 29 heavy (non-hydrogen) atoms. The van der Waals surface area contributed by atoms with Crippen molar-refractivity contribution in [2.45, 2.75) is 0 Å². The number of hydrogen-bond acceptors (Lipinski definition) is 4. The van der Waals surface area contributed by atoms with E-state index in [9.17, 15) is 13.6 Å². The second-order valence-corrected chi connectivity index (χ2v) is 6.88. The molecule has 0 bridgehead atoms. The zero-order chi connectivity index (χ0) is 20.7. The van der Waals surface area contributed by atoms with Crippen molar-refractivity contribution in [1.29, 1.82) is 0 Å². The Kier molecular flexibility index (Phi) is 4.86. The lowest BCUT2D eigenvalue weighted by atomic mass is 10.0. The minimum Gasteiger partial charge on any atom is -0.451 e. The third-order valence-electron chi connectivity index (χ3n) is 4.26. The van der Waals surface area contributed by atoms with Crippen molar-refractivity contribution >= 4 is 45.7 Å². The summed E-state index contributed by atoms with van der Waals surface area (Å²) in [5.74, 6) is -2.65. The van der Waals surface area contributed by atoms with Crippen LogP contribution in [0, 0.1) is 11.6 Å². The van der Waals surface area contributed by atoms with Crippen LogP contribution in [0.4, 0.5) is 14.5 Å². The number of aromatic amines is 1. The number of benzene rings is 2. The van der Waals surface area contributed by atoms with Crippen molar-refractivity contribution in [3.8, 4) is 11.5 Å². The Balaban J connectivity index is 1.70. The van der Waals surface area contributed by atoms with Crippen molar-refractivity contribution in [2.24, 2.45) is 0 Å². The van der Waals surface area contributed by atoms with E-state index < -0.39 is 23.2 Å². The van der Waals surface area contributed by atoms with E-state index >= 15 is 0 Å². The molecule has 0 aliphatic carbocycles. The largest absolute Gasteiger partial charge is 0.451 e. The number of H-pyrrole nitrogens is 1. The highest BCUT2D eigenvalue weighted by molar-refractivity contribution is 6.37. The quantitative estimate of drug-likeness (QED) is 0.401. The molecule has 0 atom stereocenters. The van der Waals surface area contributed by atoms with Crippen molar-refractivity contribution in [3.63, 3.8) is 0 Å². The van der Waals surface area contributed by atoms with E-state index in [2.05, 4.69) is 9.97 Å². The number of carbonyl (C=O) groups excluding carboxylic acids is 1. The Morgan fingerprint density at radius 1 is 1.07 bits per heavy atom. The number of rotatable bonds is 4. The number of halogens is 4. The summed E-state index contributed by atoms with van der Waals surface area (Å²) in [6, 6.07) is 7.43. The SMILES string of the molecule is Nc1c(Cl)cnc2[nH]cc(C(=O)c3ccc(Oc4c(F)cccc4F)cc3Cl)c12. The number of hydrogen-bond donors (Lipinski definition) is 2. The summed E-state index contributed by atoms with van der Waals surface area (Å²) < 4.78 is 32.8. The molecule has 2 aromatic heterocycles. The average molecular weight is 434 g/mol. The molecule has 2 heterocycles. The lowest BCUT2D eigenvalue weighted by Crippen LogP contribution is -2.03. The fourth-order valence-electron chi connectivity index (χ4n) is 2.86. The number of nitrogens with one attached hydrogen (secondary N) is 1. The number of pyridine rings is 1. The highest BCUT2D eigenvalue weighted by atomic mass is 35.5. The predicted molar refractivity (Wildman–Crippen MR) is 107 cm³/mol. The van der Waals surface area contributed by atoms with Crippen LogP contribution in [0.5, 0.6) is 11.5 Å². The molecule has 0 saturated heterocycles. The second kappa shape index (κ2) is 7.35. The summed E-state index contributed by atoms with van der Waals surface area (Å²) in [6.45, 7) is 0. The highest BCUT2D eigenvalue weighted by Crippen LogP contribution is 2.34. The van der Waals surface area contributed by atoms with Crippen molar-refractivity contribution < 1.29 is 18.3 Å². The zero-order valence-electron chi connectivity index (χ0n) is 14.5. The molecular weight excluding hydrogens is 423 g/mol. The first-order valence-electron chi connectivity index (χ1n) is 8.24. The van der Waals surface area contributed by atoms with E-state index in [1.54, 1.807) is 0 Å². The van der Waals surface area contributed by atoms with E-state index in [1.807, 2.05) is 0 Å². The highest BCUT2D eigenvalue weighted by Gasteiger charge is 2.21. The van der Waals surface area contributed by atoms with Crippen LogP contribution >= 0.6 is 23.2 Å². The molecule has 0 amide bonds. The summed E-state index contributed by atoms with van der Waals surface area (Å²) in [5, 5.41) is 0.632. The standard InChI is InChI=1S/C20H11Cl2F2N3O2/c21-12-6-9(29-19-14(23)2-1-3-15(19)24)4-5-10(12)18(28)11-7-26-20-16(11)17(25)13(22)8-27-20/h1-8H,(H3,25,26,27). The number of ketones is 1. The smallest absolute Gasteiger partial charge is 0.198 e. The number of para-hydroxylation sites is 1. The Bertz CT molecular complexity index is 1250. The molecular formula is C20H11Cl2F2N3O2. The fourth-order valence-corrected chi connectivity index (χ4v) is 3.26. The number of anilines is 1. The van der Waals surface area contributed by atoms with E-state index in [4.69, 9.17) is 33.7 Å². The van der Waals surface area contributed by atoms with Gasteiger partial charge in [0.15, 0.2) is 23.2 Å². The molecule has 0 saturated carbocycles. The first kappa shape index (κ1) is 19.2. The number of nitrogen functional groups attached to an aromatic ring is 1. The van der Waals surface area contributed by atoms with Gasteiger partial charge >= 0.3 is 0 Å². The Morgan fingerprint density at radius 2 is 1.79 bits per heavy atom. The second-order valence-electron chi connectivity index (χ2n) is 6.07. The van der Waals surface area contributed by atoms with Gasteiger partial charge in [0, 0.05) is 17.8 Å². The van der Waals surface area contributed by atoms with Gasteiger partial charge in [0.05, 0.1) is 32.9 Å². The maximum atomic E-state index is 13.8. The van der Waals surface area contributed by atoms with Crippen LogP contribution < -0.4 is 10.5 Å². The number of nitrogens with zero attached hydrogens (tertiary/aromatic N) is 1. The van der Waals surface area contributed by atoms with Gasteiger partial charge in [0.2, 0.25) is 0 Å². The molecule has 146 valence electrons. The molecule has 4 aromatic rings. The molecule has 0 spiro atoms. The van der Waals surface area contributed by atoms with Crippen LogP contribution in [0.1, 0.15) is 15.9 Å². The number of ether oxygens (including phenoxy) is 1. The van der Waals surface area contributed by atoms with Crippen LogP contribution in [0.25, 0.3) is 11.0 Å². The normalized spacial score (nSPS) is 11.0. The first-order valence-corrected chi connectivity index (χ1v) is 8.99. The van der Waals surface area contributed by atoms with Gasteiger partial charge in [0.1, 0.15) is 11.4 Å². The van der Waals surface area contributed by atoms with E-state index in [0.717, 1.165) is 12.1 Å². The van der Waals surface area contributed by atoms with E-state index in [0.29, 0.717) is 11.0 Å². The maximum absolute atomic E-state index is 13.8. The summed E-state index contributed by atoms with van der Waals surface area (Å²) in [6.07, 6.45) is 2.84. The fraction of sp³-hybridized carbons (Fsp3) is 0. The molecule has 0 aliphatic heterocycles. The minimum atomic E-state index is -0.861. The average Bonchev–Trinajstić information content (AvgIpc) is 3.12. The summed E-state index contributed by atoms with van der Waals surface area (Å²) in [5.41, 5.74) is 6.99. The van der Waals surface area contributed by atoms with Crippen LogP contribution in [-0.4, -0.2) is 15.8 Å². The molecule has 0 unspecified atom stereocenters. The Labute approximate surface area is 173 Å². The Morgan fingerprint density at radius 3 is 2.48 bits per heavy atom. The molecule has 3 N–H and O–H groups in total. The number of aromatic nitrogens is 2. The number of fused-ring (bicyclic) bond motifs is 1. The van der Waals surface area contributed by atoms with Crippen LogP contribution in [0.2, 0.25) is 10.0 Å². The molecule has 4 rings (SSSR count). The van der Waals surface area contributed by atoms with Crippen molar-refractivity contribution in [2.75, 3.05) is 5.73 Å². The molecule has 0 radical (unpaired) electrons. The van der Waals surface area contributed by atoms with Gasteiger partial charge in [-0.1, -0.05) is 29.3 Å². The lowest BCUT2D eigenvalue weighted by Gasteiger charge is -2.10. The predicted octanol–water partition coefficient (Wildman–Crippen LogP) is 5.75. The number of carbonyl (C=O) groups is 1. The van der Waals surface area contributed by atoms with Crippen molar-refractivity contribution in [3.05, 3.63) is 81.6 Å². The van der Waals surface area contributed by atoms with Gasteiger partial charge in [0.25, 0.3) is 0 Å². The monoisotopic (exact) mass is 433 g/mol. The molecule has 0 aliphatic rings. The molecule has 9 heteroatoms. The third kappa shape index (κ3) is 3.39. The van der Waals surface area contributed by atoms with Crippen molar-refractivity contribution in [1.82, 2.24) is 9.97 Å². The third-order valence-corrected chi connectivity index (χ3v) is 4.88. The number of nitrogens with two attached hydrogens (primary N) is 1. The van der Waals surface area contributed by atoms with Gasteiger partial charge in [-0.2, -0.15) is 0 Å². The zero-order valence-corrected chi connectivity index (χ0v) is 16.0. The van der Waals surface area contributed by atoms with E-state index in [1.165, 1.54) is 36.7 Å².